The Labute approximate surface area is 98.5 Å². The monoisotopic (exact) mass is 215 g/mol. The number of hydrogen-bond acceptors (Lipinski definition) is 1. The lowest BCUT2D eigenvalue weighted by molar-refractivity contribution is 0.518. The highest BCUT2D eigenvalue weighted by Crippen LogP contribution is 2.07. The third-order valence-corrected chi connectivity index (χ3v) is 2.76. The Balaban J connectivity index is 0. The zero-order valence-corrected chi connectivity index (χ0v) is 11.1. The molecule has 0 aromatic heterocycles. The minimum atomic E-state index is 0. The standard InChI is InChI=1S/C14H31N.H2/c1-4-5-6-7-8-9-10-11-12-15-13-14(2)3;/h14-15H,4-13H2,1-3H3;1H. The van der Waals surface area contributed by atoms with Crippen molar-refractivity contribution in [2.45, 2.75) is 72.1 Å². The zero-order chi connectivity index (χ0) is 11.4. The van der Waals surface area contributed by atoms with Crippen LogP contribution < -0.4 is 5.32 Å². The Kier molecular flexibility index (Phi) is 12.0. The van der Waals surface area contributed by atoms with Crippen LogP contribution in [-0.2, 0) is 0 Å². The van der Waals surface area contributed by atoms with Gasteiger partial charge in [-0.2, -0.15) is 0 Å². The third-order valence-electron chi connectivity index (χ3n) is 2.76. The van der Waals surface area contributed by atoms with Gasteiger partial charge in [-0.1, -0.05) is 65.7 Å². The molecule has 0 aliphatic rings. The highest BCUT2D eigenvalue weighted by atomic mass is 14.8. The molecule has 0 fully saturated rings. The second-order valence-corrected chi connectivity index (χ2v) is 5.07. The van der Waals surface area contributed by atoms with E-state index in [1.165, 1.54) is 64.5 Å². The molecule has 1 heteroatoms. The van der Waals surface area contributed by atoms with Crippen molar-refractivity contribution in [2.75, 3.05) is 13.1 Å². The molecule has 1 N–H and O–H groups in total. The highest BCUT2D eigenvalue weighted by molar-refractivity contribution is 4.52. The number of rotatable bonds is 11. The summed E-state index contributed by atoms with van der Waals surface area (Å²) in [7, 11) is 0. The maximum absolute atomic E-state index is 3.50. The lowest BCUT2D eigenvalue weighted by Crippen LogP contribution is -2.20. The fourth-order valence-corrected chi connectivity index (χ4v) is 1.77. The molecule has 0 heterocycles. The normalized spacial score (nSPS) is 11.2. The molecular weight excluding hydrogens is 182 g/mol. The van der Waals surface area contributed by atoms with Crippen molar-refractivity contribution >= 4 is 0 Å². The van der Waals surface area contributed by atoms with E-state index in [0.29, 0.717) is 0 Å². The molecule has 0 aliphatic heterocycles. The fourth-order valence-electron chi connectivity index (χ4n) is 1.77. The Morgan fingerprint density at radius 1 is 0.867 bits per heavy atom. The van der Waals surface area contributed by atoms with E-state index in [1.54, 1.807) is 0 Å². The van der Waals surface area contributed by atoms with Crippen LogP contribution in [0.2, 0.25) is 0 Å². The Bertz CT molecular complexity index is 115. The van der Waals surface area contributed by atoms with Crippen LogP contribution in [0.4, 0.5) is 0 Å². The molecule has 0 radical (unpaired) electrons. The van der Waals surface area contributed by atoms with Gasteiger partial charge in [0.1, 0.15) is 0 Å². The molecule has 0 unspecified atom stereocenters. The molecule has 0 rings (SSSR count). The number of unbranched alkanes of at least 4 members (excludes halogenated alkanes) is 7. The van der Waals surface area contributed by atoms with Crippen molar-refractivity contribution in [3.8, 4) is 0 Å². The maximum atomic E-state index is 3.50. The predicted molar refractivity (Wildman–Crippen MR) is 72.4 cm³/mol. The molecule has 94 valence electrons. The molecule has 0 aromatic rings. The SMILES string of the molecule is CCCCCCCCCCNCC(C)C.[HH]. The Morgan fingerprint density at radius 2 is 1.40 bits per heavy atom. The predicted octanol–water partition coefficient (Wildman–Crippen LogP) is 4.62. The van der Waals surface area contributed by atoms with Gasteiger partial charge in [-0.25, -0.2) is 0 Å². The number of nitrogens with one attached hydrogen (secondary N) is 1. The lowest BCUT2D eigenvalue weighted by atomic mass is 10.1. The van der Waals surface area contributed by atoms with Gasteiger partial charge in [0, 0.05) is 1.43 Å². The van der Waals surface area contributed by atoms with Crippen molar-refractivity contribution in [1.82, 2.24) is 5.32 Å². The van der Waals surface area contributed by atoms with Crippen molar-refractivity contribution < 1.29 is 1.43 Å². The van der Waals surface area contributed by atoms with Crippen LogP contribution in [0.25, 0.3) is 0 Å². The second-order valence-electron chi connectivity index (χ2n) is 5.07. The smallest absolute Gasteiger partial charge is 0 e. The Hall–Kier alpha value is -0.0400. The summed E-state index contributed by atoms with van der Waals surface area (Å²) in [4.78, 5) is 0. The van der Waals surface area contributed by atoms with Gasteiger partial charge in [-0.05, 0) is 25.4 Å². The molecule has 0 bridgehead atoms. The first-order chi connectivity index (χ1) is 7.27. The molecular formula is C14H33N. The molecule has 0 saturated carbocycles. The zero-order valence-electron chi connectivity index (χ0n) is 11.1. The van der Waals surface area contributed by atoms with E-state index in [1.807, 2.05) is 0 Å². The summed E-state index contributed by atoms with van der Waals surface area (Å²) in [6, 6.07) is 0. The molecule has 0 aromatic carbocycles. The fraction of sp³-hybridized carbons (Fsp3) is 1.00. The largest absolute Gasteiger partial charge is 0.316 e. The van der Waals surface area contributed by atoms with E-state index in [-0.39, 0.29) is 1.43 Å². The first kappa shape index (κ1) is 15.0. The van der Waals surface area contributed by atoms with Gasteiger partial charge in [0.05, 0.1) is 0 Å². The maximum Gasteiger partial charge on any atom is 0 e. The van der Waals surface area contributed by atoms with Crippen molar-refractivity contribution in [3.63, 3.8) is 0 Å². The van der Waals surface area contributed by atoms with Crippen LogP contribution in [0.5, 0.6) is 0 Å². The van der Waals surface area contributed by atoms with Gasteiger partial charge in [0.2, 0.25) is 0 Å². The van der Waals surface area contributed by atoms with Gasteiger partial charge in [-0.15, -0.1) is 0 Å². The van der Waals surface area contributed by atoms with Crippen LogP contribution in [0.3, 0.4) is 0 Å². The summed E-state index contributed by atoms with van der Waals surface area (Å²) in [6.07, 6.45) is 11.3. The molecule has 0 spiro atoms. The molecule has 0 aliphatic carbocycles. The quantitative estimate of drug-likeness (QED) is 0.496. The molecule has 1 nitrogen and oxygen atoms in total. The minimum absolute atomic E-state index is 0. The highest BCUT2D eigenvalue weighted by Gasteiger charge is 1.93. The van der Waals surface area contributed by atoms with Crippen LogP contribution in [-0.4, -0.2) is 13.1 Å². The number of hydrogen-bond donors (Lipinski definition) is 1. The molecule has 0 saturated heterocycles. The van der Waals surface area contributed by atoms with Gasteiger partial charge in [-0.3, -0.25) is 0 Å². The van der Waals surface area contributed by atoms with E-state index in [0.717, 1.165) is 5.92 Å². The summed E-state index contributed by atoms with van der Waals surface area (Å²) in [5.74, 6) is 0.791. The average molecular weight is 215 g/mol. The molecule has 15 heavy (non-hydrogen) atoms. The van der Waals surface area contributed by atoms with Crippen LogP contribution in [0, 0.1) is 5.92 Å². The summed E-state index contributed by atoms with van der Waals surface area (Å²) in [5.41, 5.74) is 0. The van der Waals surface area contributed by atoms with Crippen molar-refractivity contribution in [2.24, 2.45) is 5.92 Å². The van der Waals surface area contributed by atoms with E-state index in [2.05, 4.69) is 26.1 Å². The first-order valence-electron chi connectivity index (χ1n) is 6.98. The lowest BCUT2D eigenvalue weighted by Gasteiger charge is -2.06. The van der Waals surface area contributed by atoms with E-state index < -0.39 is 0 Å². The summed E-state index contributed by atoms with van der Waals surface area (Å²) >= 11 is 0. The van der Waals surface area contributed by atoms with E-state index in [9.17, 15) is 0 Å². The van der Waals surface area contributed by atoms with Crippen molar-refractivity contribution in [1.29, 1.82) is 0 Å². The summed E-state index contributed by atoms with van der Waals surface area (Å²) < 4.78 is 0. The van der Waals surface area contributed by atoms with E-state index in [4.69, 9.17) is 0 Å². The summed E-state index contributed by atoms with van der Waals surface area (Å²) in [5, 5.41) is 3.50. The van der Waals surface area contributed by atoms with Gasteiger partial charge >= 0.3 is 0 Å². The first-order valence-corrected chi connectivity index (χ1v) is 6.98. The Morgan fingerprint density at radius 3 is 1.93 bits per heavy atom. The topological polar surface area (TPSA) is 12.0 Å². The third kappa shape index (κ3) is 14.0. The van der Waals surface area contributed by atoms with E-state index >= 15 is 0 Å². The average Bonchev–Trinajstić information content (AvgIpc) is 2.20. The van der Waals surface area contributed by atoms with Crippen molar-refractivity contribution in [3.05, 3.63) is 0 Å². The van der Waals surface area contributed by atoms with Crippen LogP contribution >= 0.6 is 0 Å². The summed E-state index contributed by atoms with van der Waals surface area (Å²) in [6.45, 7) is 9.20. The molecule has 0 amide bonds. The van der Waals surface area contributed by atoms with Gasteiger partial charge < -0.3 is 5.32 Å². The molecule has 0 atom stereocenters. The minimum Gasteiger partial charge on any atom is -0.316 e. The van der Waals surface area contributed by atoms with Gasteiger partial charge in [0.25, 0.3) is 0 Å². The van der Waals surface area contributed by atoms with Gasteiger partial charge in [0.15, 0.2) is 0 Å². The second kappa shape index (κ2) is 12.0. The van der Waals surface area contributed by atoms with Crippen LogP contribution in [0.1, 0.15) is 73.6 Å². The van der Waals surface area contributed by atoms with Crippen LogP contribution in [0.15, 0.2) is 0 Å².